The molecule has 1 unspecified atom stereocenters. The van der Waals surface area contributed by atoms with Gasteiger partial charge >= 0.3 is 12.1 Å². The zero-order valence-electron chi connectivity index (χ0n) is 29.7. The Labute approximate surface area is 296 Å². The predicted octanol–water partition coefficient (Wildman–Crippen LogP) is 4.46. The maximum atomic E-state index is 14.4. The number of hydrogen-bond donors (Lipinski definition) is 3. The van der Waals surface area contributed by atoms with E-state index in [0.29, 0.717) is 41.1 Å². The summed E-state index contributed by atoms with van der Waals surface area (Å²) >= 11 is 0. The number of benzene rings is 1. The molecule has 2 aliphatic heterocycles. The van der Waals surface area contributed by atoms with Gasteiger partial charge in [-0.05, 0) is 71.6 Å². The van der Waals surface area contributed by atoms with Crippen molar-refractivity contribution in [2.75, 3.05) is 13.7 Å². The van der Waals surface area contributed by atoms with E-state index in [2.05, 4.69) is 15.7 Å². The Morgan fingerprint density at radius 1 is 1.12 bits per heavy atom. The summed E-state index contributed by atoms with van der Waals surface area (Å²) in [6.07, 6.45) is 7.91. The molecule has 5 atom stereocenters. The highest BCUT2D eigenvalue weighted by atomic mass is 16.6. The predicted molar refractivity (Wildman–Crippen MR) is 187 cm³/mol. The Balaban J connectivity index is 1.34. The quantitative estimate of drug-likeness (QED) is 0.311. The first-order valence-corrected chi connectivity index (χ1v) is 17.5. The number of nitrogens with zero attached hydrogens (tertiary/aromatic N) is 4. The van der Waals surface area contributed by atoms with Crippen LogP contribution < -0.4 is 20.1 Å². The van der Waals surface area contributed by atoms with Gasteiger partial charge in [0.15, 0.2) is 5.82 Å². The second-order valence-corrected chi connectivity index (χ2v) is 14.6. The first kappa shape index (κ1) is 35.7. The lowest BCUT2D eigenvalue weighted by molar-refractivity contribution is -0.145. The second-order valence-electron chi connectivity index (χ2n) is 14.6. The van der Waals surface area contributed by atoms with Crippen molar-refractivity contribution in [1.82, 2.24) is 30.3 Å². The van der Waals surface area contributed by atoms with E-state index in [0.717, 1.165) is 25.0 Å². The molecule has 272 valence electrons. The van der Waals surface area contributed by atoms with E-state index in [1.165, 1.54) is 4.90 Å². The van der Waals surface area contributed by atoms with Crippen LogP contribution in [0.2, 0.25) is 0 Å². The second kappa shape index (κ2) is 14.2. The number of carbonyl (C=O) groups is 4. The third kappa shape index (κ3) is 7.94. The molecule has 2 aromatic heterocycles. The normalized spacial score (nSPS) is 26.2. The monoisotopic (exact) mass is 702 g/mol. The molecule has 3 amide bonds. The van der Waals surface area contributed by atoms with Crippen LogP contribution in [0.3, 0.4) is 0 Å². The summed E-state index contributed by atoms with van der Waals surface area (Å²) in [5.74, 6) is -0.962. The zero-order valence-corrected chi connectivity index (χ0v) is 29.7. The van der Waals surface area contributed by atoms with Crippen LogP contribution in [-0.4, -0.2) is 91.6 Å². The standard InChI is InChI=1S/C37H46N6O8/c1-22-15-16-43(41-22)31-19-30(26-14-13-24(49-5)17-28(26)38-31)50-25-18-29-32(44)40-37(34(46)47)20-23(37)11-9-7-6-8-10-12-27(33(45)42(29)21-25)39-35(48)51-36(2,3)4/h9,11,13-17,19,23,25,27,29H,6-8,10,12,18,20-21H2,1-5H3,(H,39,48)(H,40,44)(H,46,47)/b11-9-/t23?,25-,27+,29+,37-/m1/s1. The van der Waals surface area contributed by atoms with Crippen LogP contribution in [-0.2, 0) is 19.1 Å². The summed E-state index contributed by atoms with van der Waals surface area (Å²) in [5.41, 5.74) is -0.843. The van der Waals surface area contributed by atoms with Crippen molar-refractivity contribution in [2.45, 2.75) is 102 Å². The van der Waals surface area contributed by atoms with Gasteiger partial charge in [0.25, 0.3) is 0 Å². The van der Waals surface area contributed by atoms with Gasteiger partial charge in [-0.2, -0.15) is 5.10 Å². The summed E-state index contributed by atoms with van der Waals surface area (Å²) in [7, 11) is 1.57. The van der Waals surface area contributed by atoms with E-state index in [1.54, 1.807) is 57.0 Å². The molecular weight excluding hydrogens is 656 g/mol. The fourth-order valence-electron chi connectivity index (χ4n) is 6.82. The van der Waals surface area contributed by atoms with Gasteiger partial charge < -0.3 is 34.9 Å². The van der Waals surface area contributed by atoms with Crippen molar-refractivity contribution in [3.05, 3.63) is 54.4 Å². The number of carboxylic acids is 1. The minimum Gasteiger partial charge on any atom is -0.497 e. The van der Waals surface area contributed by atoms with Crippen LogP contribution in [0, 0.1) is 12.8 Å². The summed E-state index contributed by atoms with van der Waals surface area (Å²) in [6, 6.07) is 7.00. The molecule has 3 aromatic rings. The minimum absolute atomic E-state index is 0.0169. The van der Waals surface area contributed by atoms with Crippen LogP contribution in [0.25, 0.3) is 16.7 Å². The van der Waals surface area contributed by atoms with E-state index < -0.39 is 53.2 Å². The fraction of sp³-hybridized carbons (Fsp3) is 0.514. The first-order chi connectivity index (χ1) is 24.3. The maximum Gasteiger partial charge on any atom is 0.408 e. The molecule has 0 radical (unpaired) electrons. The number of hydrogen-bond acceptors (Lipinski definition) is 9. The van der Waals surface area contributed by atoms with Crippen molar-refractivity contribution in [2.24, 2.45) is 5.92 Å². The molecule has 1 aliphatic carbocycles. The number of nitrogens with one attached hydrogen (secondary N) is 2. The smallest absolute Gasteiger partial charge is 0.408 e. The highest BCUT2D eigenvalue weighted by Crippen LogP contribution is 2.45. The molecule has 1 aromatic carbocycles. The zero-order chi connectivity index (χ0) is 36.5. The highest BCUT2D eigenvalue weighted by Gasteiger charge is 2.61. The van der Waals surface area contributed by atoms with Crippen LogP contribution in [0.4, 0.5) is 4.79 Å². The molecule has 3 aliphatic rings. The van der Waals surface area contributed by atoms with Crippen molar-refractivity contribution in [3.8, 4) is 17.3 Å². The summed E-state index contributed by atoms with van der Waals surface area (Å²) in [4.78, 5) is 60.1. The van der Waals surface area contributed by atoms with Gasteiger partial charge in [-0.25, -0.2) is 19.3 Å². The number of carbonyl (C=O) groups excluding carboxylic acids is 3. The van der Waals surface area contributed by atoms with Crippen LogP contribution >= 0.6 is 0 Å². The first-order valence-electron chi connectivity index (χ1n) is 17.5. The number of aliphatic carboxylic acids is 1. The van der Waals surface area contributed by atoms with Crippen LogP contribution in [0.5, 0.6) is 11.5 Å². The highest BCUT2D eigenvalue weighted by molar-refractivity contribution is 5.96. The lowest BCUT2D eigenvalue weighted by Crippen LogP contribution is -2.56. The summed E-state index contributed by atoms with van der Waals surface area (Å²) in [5, 5.41) is 20.9. The molecule has 14 nitrogen and oxygen atoms in total. The number of aryl methyl sites for hydroxylation is 1. The molecule has 6 rings (SSSR count). The Morgan fingerprint density at radius 3 is 2.63 bits per heavy atom. The average molecular weight is 703 g/mol. The molecule has 4 heterocycles. The Kier molecular flexibility index (Phi) is 9.96. The number of allylic oxidation sites excluding steroid dienone is 1. The number of methoxy groups -OCH3 is 1. The topological polar surface area (TPSA) is 174 Å². The summed E-state index contributed by atoms with van der Waals surface area (Å²) in [6.45, 7) is 7.11. The van der Waals surface area contributed by atoms with Gasteiger partial charge in [0.2, 0.25) is 11.8 Å². The van der Waals surface area contributed by atoms with Crippen molar-refractivity contribution in [3.63, 3.8) is 0 Å². The molecule has 1 saturated carbocycles. The van der Waals surface area contributed by atoms with E-state index in [9.17, 15) is 24.3 Å². The van der Waals surface area contributed by atoms with Gasteiger partial charge in [0.05, 0.1) is 24.9 Å². The van der Waals surface area contributed by atoms with E-state index >= 15 is 0 Å². The molecule has 0 spiro atoms. The SMILES string of the molecule is COc1ccc2c(O[C@@H]3C[C@H]4C(=O)N[C@]5(C(=O)O)CC5/C=C\CCCCC[C@H](NC(=O)OC(C)(C)C)C(=O)N4C3)cc(-n3ccc(C)n3)nc2c1. The number of amides is 3. The lowest BCUT2D eigenvalue weighted by Gasteiger charge is -2.30. The average Bonchev–Trinajstić information content (AvgIpc) is 3.34. The minimum atomic E-state index is -1.45. The third-order valence-electron chi connectivity index (χ3n) is 9.53. The molecule has 51 heavy (non-hydrogen) atoms. The van der Waals surface area contributed by atoms with Crippen LogP contribution in [0.15, 0.2) is 48.7 Å². The molecular formula is C37H46N6O8. The van der Waals surface area contributed by atoms with Crippen molar-refractivity contribution >= 4 is 34.8 Å². The molecule has 14 heteroatoms. The number of aromatic nitrogens is 3. The van der Waals surface area contributed by atoms with Gasteiger partial charge in [-0.1, -0.05) is 25.0 Å². The fourth-order valence-corrected chi connectivity index (χ4v) is 6.82. The number of ether oxygens (including phenoxy) is 3. The largest absolute Gasteiger partial charge is 0.497 e. The molecule has 0 bridgehead atoms. The Morgan fingerprint density at radius 2 is 1.92 bits per heavy atom. The number of fused-ring (bicyclic) bond motifs is 3. The summed E-state index contributed by atoms with van der Waals surface area (Å²) < 4.78 is 19.2. The van der Waals surface area contributed by atoms with Crippen LogP contribution in [0.1, 0.15) is 71.4 Å². The van der Waals surface area contributed by atoms with E-state index in [1.807, 2.05) is 31.2 Å². The number of pyridine rings is 1. The number of carboxylic acid groups (broad SMARTS) is 1. The van der Waals surface area contributed by atoms with Gasteiger partial charge in [0.1, 0.15) is 40.8 Å². The molecule has 2 fully saturated rings. The maximum absolute atomic E-state index is 14.4. The van der Waals surface area contributed by atoms with E-state index in [-0.39, 0.29) is 25.3 Å². The molecule has 3 N–H and O–H groups in total. The Bertz CT molecular complexity index is 1850. The Hall–Kier alpha value is -5.14. The van der Waals surface area contributed by atoms with Gasteiger partial charge in [0, 0.05) is 36.1 Å². The number of rotatable bonds is 6. The van der Waals surface area contributed by atoms with Gasteiger partial charge in [-0.3, -0.25) is 9.59 Å². The van der Waals surface area contributed by atoms with Gasteiger partial charge in [-0.15, -0.1) is 0 Å². The molecule has 1 saturated heterocycles. The third-order valence-corrected chi connectivity index (χ3v) is 9.53. The van der Waals surface area contributed by atoms with E-state index in [4.69, 9.17) is 19.2 Å². The van der Waals surface area contributed by atoms with Crippen molar-refractivity contribution < 1.29 is 38.5 Å². The lowest BCUT2D eigenvalue weighted by atomic mass is 10.0. The van der Waals surface area contributed by atoms with Crippen molar-refractivity contribution in [1.29, 1.82) is 0 Å². The number of alkyl carbamates (subject to hydrolysis) is 1.